The van der Waals surface area contributed by atoms with E-state index in [9.17, 15) is 0 Å². The van der Waals surface area contributed by atoms with Gasteiger partial charge in [0.05, 0.1) is 0 Å². The SMILES string of the molecule is CC1CCCCCC1N1CC(C)(C)NCC1C. The number of rotatable bonds is 1. The van der Waals surface area contributed by atoms with Gasteiger partial charge in [0.1, 0.15) is 0 Å². The molecule has 100 valence electrons. The molecule has 0 amide bonds. The molecule has 1 aliphatic carbocycles. The van der Waals surface area contributed by atoms with Crippen molar-refractivity contribution in [1.29, 1.82) is 0 Å². The van der Waals surface area contributed by atoms with Crippen LogP contribution in [0.5, 0.6) is 0 Å². The third-order valence-electron chi connectivity index (χ3n) is 4.76. The second kappa shape index (κ2) is 5.27. The quantitative estimate of drug-likeness (QED) is 0.706. The lowest BCUT2D eigenvalue weighted by Crippen LogP contribution is -2.63. The molecule has 2 nitrogen and oxygen atoms in total. The molecule has 1 aliphatic heterocycles. The zero-order chi connectivity index (χ0) is 12.5. The van der Waals surface area contributed by atoms with Gasteiger partial charge < -0.3 is 5.32 Å². The molecule has 0 radical (unpaired) electrons. The van der Waals surface area contributed by atoms with Gasteiger partial charge >= 0.3 is 0 Å². The van der Waals surface area contributed by atoms with Crippen molar-refractivity contribution in [3.8, 4) is 0 Å². The minimum Gasteiger partial charge on any atom is -0.309 e. The van der Waals surface area contributed by atoms with Crippen LogP contribution >= 0.6 is 0 Å². The molecule has 17 heavy (non-hydrogen) atoms. The highest BCUT2D eigenvalue weighted by Gasteiger charge is 2.36. The van der Waals surface area contributed by atoms with Gasteiger partial charge in [0.2, 0.25) is 0 Å². The molecule has 2 rings (SSSR count). The fourth-order valence-electron chi connectivity index (χ4n) is 3.62. The second-order valence-corrected chi connectivity index (χ2v) is 6.97. The molecule has 2 aliphatic rings. The maximum Gasteiger partial charge on any atom is 0.0253 e. The van der Waals surface area contributed by atoms with Gasteiger partial charge in [-0.15, -0.1) is 0 Å². The van der Waals surface area contributed by atoms with Crippen LogP contribution in [-0.2, 0) is 0 Å². The van der Waals surface area contributed by atoms with Crippen molar-refractivity contribution in [2.75, 3.05) is 13.1 Å². The van der Waals surface area contributed by atoms with Crippen molar-refractivity contribution in [2.24, 2.45) is 5.92 Å². The predicted molar refractivity (Wildman–Crippen MR) is 74.3 cm³/mol. The van der Waals surface area contributed by atoms with Crippen LogP contribution in [0.2, 0.25) is 0 Å². The van der Waals surface area contributed by atoms with E-state index in [1.807, 2.05) is 0 Å². The first kappa shape index (κ1) is 13.4. The van der Waals surface area contributed by atoms with Crippen LogP contribution in [0.1, 0.15) is 59.8 Å². The van der Waals surface area contributed by atoms with Gasteiger partial charge in [-0.2, -0.15) is 0 Å². The summed E-state index contributed by atoms with van der Waals surface area (Å²) in [4.78, 5) is 2.80. The van der Waals surface area contributed by atoms with Crippen molar-refractivity contribution in [3.63, 3.8) is 0 Å². The molecule has 0 aromatic rings. The molecule has 3 atom stereocenters. The largest absolute Gasteiger partial charge is 0.309 e. The monoisotopic (exact) mass is 238 g/mol. The van der Waals surface area contributed by atoms with Crippen LogP contribution in [0.25, 0.3) is 0 Å². The van der Waals surface area contributed by atoms with Crippen molar-refractivity contribution in [1.82, 2.24) is 10.2 Å². The zero-order valence-corrected chi connectivity index (χ0v) is 12.1. The Morgan fingerprint density at radius 3 is 2.53 bits per heavy atom. The number of nitrogens with zero attached hydrogens (tertiary/aromatic N) is 1. The van der Waals surface area contributed by atoms with Gasteiger partial charge in [0, 0.05) is 30.7 Å². The van der Waals surface area contributed by atoms with Gasteiger partial charge in [0.25, 0.3) is 0 Å². The number of hydrogen-bond donors (Lipinski definition) is 1. The highest BCUT2D eigenvalue weighted by molar-refractivity contribution is 4.94. The minimum absolute atomic E-state index is 0.290. The fraction of sp³-hybridized carbons (Fsp3) is 1.00. The molecule has 3 unspecified atom stereocenters. The summed E-state index contributed by atoms with van der Waals surface area (Å²) in [5, 5.41) is 3.67. The predicted octanol–water partition coefficient (Wildman–Crippen LogP) is 3.03. The maximum absolute atomic E-state index is 3.67. The molecule has 1 heterocycles. The van der Waals surface area contributed by atoms with E-state index in [1.165, 1.54) is 38.6 Å². The third-order valence-corrected chi connectivity index (χ3v) is 4.76. The molecule has 1 saturated carbocycles. The van der Waals surface area contributed by atoms with Crippen LogP contribution < -0.4 is 5.32 Å². The highest BCUT2D eigenvalue weighted by Crippen LogP contribution is 2.30. The fourth-order valence-corrected chi connectivity index (χ4v) is 3.62. The number of nitrogens with one attached hydrogen (secondary N) is 1. The molecular formula is C15H30N2. The van der Waals surface area contributed by atoms with Crippen LogP contribution in [0.3, 0.4) is 0 Å². The van der Waals surface area contributed by atoms with E-state index in [0.717, 1.165) is 18.5 Å². The van der Waals surface area contributed by atoms with Crippen LogP contribution in [0, 0.1) is 5.92 Å². The Bertz CT molecular complexity index is 249. The highest BCUT2D eigenvalue weighted by atomic mass is 15.3. The third kappa shape index (κ3) is 3.23. The summed E-state index contributed by atoms with van der Waals surface area (Å²) in [6, 6.07) is 1.53. The minimum atomic E-state index is 0.290. The lowest BCUT2D eigenvalue weighted by Gasteiger charge is -2.48. The Morgan fingerprint density at radius 2 is 1.76 bits per heavy atom. The first-order valence-electron chi connectivity index (χ1n) is 7.50. The molecule has 1 N–H and O–H groups in total. The average Bonchev–Trinajstić information content (AvgIpc) is 2.47. The van der Waals surface area contributed by atoms with Crippen LogP contribution in [0.4, 0.5) is 0 Å². The van der Waals surface area contributed by atoms with Gasteiger partial charge in [0.15, 0.2) is 0 Å². The number of piperazine rings is 1. The lowest BCUT2D eigenvalue weighted by atomic mass is 9.90. The summed E-state index contributed by atoms with van der Waals surface area (Å²) in [5.74, 6) is 0.883. The average molecular weight is 238 g/mol. The molecule has 2 fully saturated rings. The standard InChI is InChI=1S/C15H30N2/c1-12-8-6-5-7-9-14(12)17-11-15(3,4)16-10-13(17)2/h12-14,16H,5-11H2,1-4H3. The van der Waals surface area contributed by atoms with E-state index >= 15 is 0 Å². The van der Waals surface area contributed by atoms with Gasteiger partial charge in [-0.25, -0.2) is 0 Å². The summed E-state index contributed by atoms with van der Waals surface area (Å²) in [6.07, 6.45) is 7.18. The van der Waals surface area contributed by atoms with E-state index in [-0.39, 0.29) is 0 Å². The van der Waals surface area contributed by atoms with Crippen LogP contribution in [-0.4, -0.2) is 35.6 Å². The van der Waals surface area contributed by atoms with Gasteiger partial charge in [-0.3, -0.25) is 4.90 Å². The topological polar surface area (TPSA) is 15.3 Å². The Kier molecular flexibility index (Phi) is 4.14. The summed E-state index contributed by atoms with van der Waals surface area (Å²) >= 11 is 0. The maximum atomic E-state index is 3.67. The van der Waals surface area contributed by atoms with Crippen LogP contribution in [0.15, 0.2) is 0 Å². The molecule has 0 aromatic carbocycles. The first-order valence-corrected chi connectivity index (χ1v) is 7.50. The Balaban J connectivity index is 2.07. The zero-order valence-electron chi connectivity index (χ0n) is 12.1. The smallest absolute Gasteiger partial charge is 0.0253 e. The van der Waals surface area contributed by atoms with E-state index < -0.39 is 0 Å². The Hall–Kier alpha value is -0.0800. The summed E-state index contributed by atoms with van der Waals surface area (Å²) < 4.78 is 0. The Morgan fingerprint density at radius 1 is 1.06 bits per heavy atom. The van der Waals surface area contributed by atoms with E-state index in [4.69, 9.17) is 0 Å². The van der Waals surface area contributed by atoms with Crippen molar-refractivity contribution in [2.45, 2.75) is 77.4 Å². The lowest BCUT2D eigenvalue weighted by molar-refractivity contribution is 0.0360. The molecule has 0 aromatic heterocycles. The van der Waals surface area contributed by atoms with E-state index in [0.29, 0.717) is 11.6 Å². The molecule has 2 heteroatoms. The van der Waals surface area contributed by atoms with E-state index in [1.54, 1.807) is 0 Å². The second-order valence-electron chi connectivity index (χ2n) is 6.97. The molecule has 0 bridgehead atoms. The van der Waals surface area contributed by atoms with Gasteiger partial charge in [-0.05, 0) is 39.5 Å². The van der Waals surface area contributed by atoms with Gasteiger partial charge in [-0.1, -0.05) is 26.2 Å². The number of hydrogen-bond acceptors (Lipinski definition) is 2. The Labute approximate surface area is 107 Å². The normalized spacial score (nSPS) is 39.9. The molecular weight excluding hydrogens is 208 g/mol. The summed E-state index contributed by atoms with van der Waals surface area (Å²) in [7, 11) is 0. The van der Waals surface area contributed by atoms with E-state index in [2.05, 4.69) is 37.9 Å². The molecule has 0 spiro atoms. The summed E-state index contributed by atoms with van der Waals surface area (Å²) in [5.41, 5.74) is 0.290. The first-order chi connectivity index (χ1) is 7.99. The summed E-state index contributed by atoms with van der Waals surface area (Å²) in [6.45, 7) is 11.9. The van der Waals surface area contributed by atoms with Crippen molar-refractivity contribution < 1.29 is 0 Å². The van der Waals surface area contributed by atoms with Crippen molar-refractivity contribution >= 4 is 0 Å². The molecule has 1 saturated heterocycles. The van der Waals surface area contributed by atoms with Crippen molar-refractivity contribution in [3.05, 3.63) is 0 Å².